The van der Waals surface area contributed by atoms with E-state index in [1.807, 2.05) is 0 Å². The van der Waals surface area contributed by atoms with Gasteiger partial charge in [-0.25, -0.2) is 9.59 Å². The number of aryl methyl sites for hydroxylation is 1. The molecular weight excluding hydrogens is 500 g/mol. The van der Waals surface area contributed by atoms with E-state index in [9.17, 15) is 28.2 Å². The van der Waals surface area contributed by atoms with Crippen molar-refractivity contribution in [3.05, 3.63) is 102 Å². The summed E-state index contributed by atoms with van der Waals surface area (Å²) in [5.41, 5.74) is 1.12. The first-order chi connectivity index (χ1) is 17.7. The van der Waals surface area contributed by atoms with Crippen LogP contribution in [0.3, 0.4) is 0 Å². The van der Waals surface area contributed by atoms with Gasteiger partial charge in [0.15, 0.2) is 12.2 Å². The maximum Gasteiger partial charge on any atom is 0.338 e. The van der Waals surface area contributed by atoms with Gasteiger partial charge in [0.05, 0.1) is 28.2 Å². The van der Waals surface area contributed by atoms with Gasteiger partial charge in [0.1, 0.15) is 6.10 Å². The molecule has 0 saturated heterocycles. The summed E-state index contributed by atoms with van der Waals surface area (Å²) in [5.74, 6) is -1.71. The Hall–Kier alpha value is -3.57. The van der Waals surface area contributed by atoms with Gasteiger partial charge in [-0.2, -0.15) is 8.42 Å². The minimum Gasteiger partial charge on any atom is -0.452 e. The van der Waals surface area contributed by atoms with Gasteiger partial charge in [-0.15, -0.1) is 0 Å². The Kier molecular flexibility index (Phi) is 8.03. The molecule has 1 aliphatic rings. The Morgan fingerprint density at radius 2 is 1.16 bits per heavy atom. The summed E-state index contributed by atoms with van der Waals surface area (Å²) in [6.45, 7) is 1.79. The van der Waals surface area contributed by atoms with Gasteiger partial charge in [-0.3, -0.25) is 4.18 Å². The number of carbonyl (C=O) groups excluding carboxylic acids is 2. The SMILES string of the molecule is Cc1ccc(S(=O)(=O)O[C@@H]2[C@@H](OC(=O)c3ccccc3)[C@H](OC(=O)c3ccccc3)[C@@H](O)C[C@@H]2O)cc1. The minimum atomic E-state index is -4.44. The molecule has 2 N–H and O–H groups in total. The zero-order valence-electron chi connectivity index (χ0n) is 19.8. The highest BCUT2D eigenvalue weighted by molar-refractivity contribution is 7.86. The molecule has 0 bridgehead atoms. The standard InChI is InChI=1S/C27H26O9S/c1-17-12-14-20(15-13-17)37(32,33)36-24-22(29)16-21(28)23(34-26(30)18-8-4-2-5-9-18)25(24)35-27(31)19-10-6-3-7-11-19/h2-15,21-25,28-29H,16H2,1H3/t21-,22-,23+,24-,25-/m0/s1. The Bertz CT molecular complexity index is 1330. The van der Waals surface area contributed by atoms with E-state index in [2.05, 4.69) is 0 Å². The molecule has 37 heavy (non-hydrogen) atoms. The summed E-state index contributed by atoms with van der Waals surface area (Å²) in [7, 11) is -4.44. The zero-order valence-corrected chi connectivity index (χ0v) is 20.7. The number of rotatable bonds is 7. The van der Waals surface area contributed by atoms with Crippen molar-refractivity contribution in [3.8, 4) is 0 Å². The van der Waals surface area contributed by atoms with E-state index in [1.165, 1.54) is 36.4 Å². The Labute approximate surface area is 214 Å². The first-order valence-electron chi connectivity index (χ1n) is 11.5. The predicted molar refractivity (Wildman–Crippen MR) is 131 cm³/mol. The average Bonchev–Trinajstić information content (AvgIpc) is 2.89. The molecule has 5 atom stereocenters. The summed E-state index contributed by atoms with van der Waals surface area (Å²) in [6.07, 6.45) is -8.27. The molecular formula is C27H26O9S. The lowest BCUT2D eigenvalue weighted by Crippen LogP contribution is -2.60. The highest BCUT2D eigenvalue weighted by Gasteiger charge is 2.51. The van der Waals surface area contributed by atoms with Gasteiger partial charge < -0.3 is 19.7 Å². The number of benzene rings is 3. The van der Waals surface area contributed by atoms with E-state index in [0.717, 1.165) is 5.56 Å². The fourth-order valence-electron chi connectivity index (χ4n) is 3.98. The van der Waals surface area contributed by atoms with Crippen LogP contribution >= 0.6 is 0 Å². The van der Waals surface area contributed by atoms with Crippen molar-refractivity contribution in [1.82, 2.24) is 0 Å². The van der Waals surface area contributed by atoms with Crippen molar-refractivity contribution in [3.63, 3.8) is 0 Å². The topological polar surface area (TPSA) is 136 Å². The molecule has 0 heterocycles. The molecule has 9 nitrogen and oxygen atoms in total. The second-order valence-electron chi connectivity index (χ2n) is 8.67. The van der Waals surface area contributed by atoms with Gasteiger partial charge in [-0.1, -0.05) is 54.1 Å². The van der Waals surface area contributed by atoms with E-state index >= 15 is 0 Å². The van der Waals surface area contributed by atoms with Crippen molar-refractivity contribution < 1.29 is 41.9 Å². The monoisotopic (exact) mass is 526 g/mol. The van der Waals surface area contributed by atoms with Crippen molar-refractivity contribution >= 4 is 22.1 Å². The normalized spacial score (nSPS) is 23.7. The molecule has 0 radical (unpaired) electrons. The highest BCUT2D eigenvalue weighted by atomic mass is 32.2. The molecule has 3 aromatic carbocycles. The molecule has 0 aliphatic heterocycles. The molecule has 3 aromatic rings. The summed E-state index contributed by atoms with van der Waals surface area (Å²) < 4.78 is 42.5. The van der Waals surface area contributed by atoms with Gasteiger partial charge in [0.2, 0.25) is 0 Å². The lowest BCUT2D eigenvalue weighted by molar-refractivity contribution is -0.171. The average molecular weight is 527 g/mol. The highest BCUT2D eigenvalue weighted by Crippen LogP contribution is 2.31. The summed E-state index contributed by atoms with van der Waals surface area (Å²) in [6, 6.07) is 21.6. The smallest absolute Gasteiger partial charge is 0.338 e. The molecule has 0 amide bonds. The maximum absolute atomic E-state index is 13.0. The van der Waals surface area contributed by atoms with E-state index < -0.39 is 52.6 Å². The van der Waals surface area contributed by atoms with Gasteiger partial charge in [0, 0.05) is 6.42 Å². The van der Waals surface area contributed by atoms with Crippen molar-refractivity contribution in [2.45, 2.75) is 48.8 Å². The van der Waals surface area contributed by atoms with Crippen LogP contribution in [0.15, 0.2) is 89.8 Å². The van der Waals surface area contributed by atoms with Crippen LogP contribution in [0.5, 0.6) is 0 Å². The molecule has 1 fully saturated rings. The molecule has 0 spiro atoms. The van der Waals surface area contributed by atoms with E-state index in [0.29, 0.717) is 0 Å². The first-order valence-corrected chi connectivity index (χ1v) is 12.9. The molecule has 0 unspecified atom stereocenters. The Morgan fingerprint density at radius 3 is 1.68 bits per heavy atom. The van der Waals surface area contributed by atoms with E-state index in [1.54, 1.807) is 55.5 Å². The maximum atomic E-state index is 13.0. The van der Waals surface area contributed by atoms with Gasteiger partial charge in [0.25, 0.3) is 10.1 Å². The fourth-order valence-corrected chi connectivity index (χ4v) is 5.09. The first kappa shape index (κ1) is 26.5. The van der Waals surface area contributed by atoms with E-state index in [-0.39, 0.29) is 22.4 Å². The fraction of sp³-hybridized carbons (Fsp3) is 0.259. The van der Waals surface area contributed by atoms with Crippen LogP contribution in [0.1, 0.15) is 32.7 Å². The Balaban J connectivity index is 1.67. The number of ether oxygens (including phenoxy) is 2. The minimum absolute atomic E-state index is 0.130. The summed E-state index contributed by atoms with van der Waals surface area (Å²) in [4.78, 5) is 25.5. The molecule has 194 valence electrons. The number of esters is 2. The van der Waals surface area contributed by atoms with Crippen LogP contribution in [0, 0.1) is 6.92 Å². The van der Waals surface area contributed by atoms with Crippen LogP contribution in [0.2, 0.25) is 0 Å². The number of hydrogen-bond donors (Lipinski definition) is 2. The molecule has 1 aliphatic carbocycles. The second-order valence-corrected chi connectivity index (χ2v) is 10.2. The zero-order chi connectivity index (χ0) is 26.6. The summed E-state index contributed by atoms with van der Waals surface area (Å²) in [5, 5.41) is 21.5. The number of carbonyl (C=O) groups is 2. The molecule has 4 rings (SSSR count). The second kappa shape index (κ2) is 11.2. The molecule has 1 saturated carbocycles. The lowest BCUT2D eigenvalue weighted by Gasteiger charge is -2.41. The van der Waals surface area contributed by atoms with Crippen LogP contribution in [0.25, 0.3) is 0 Å². The van der Waals surface area contributed by atoms with Crippen molar-refractivity contribution in [2.75, 3.05) is 0 Å². The van der Waals surface area contributed by atoms with Crippen LogP contribution in [-0.2, 0) is 23.8 Å². The Morgan fingerprint density at radius 1 is 0.703 bits per heavy atom. The lowest BCUT2D eigenvalue weighted by atomic mass is 9.87. The third-order valence-electron chi connectivity index (χ3n) is 5.94. The van der Waals surface area contributed by atoms with Gasteiger partial charge in [-0.05, 0) is 43.3 Å². The van der Waals surface area contributed by atoms with Gasteiger partial charge >= 0.3 is 11.9 Å². The number of hydrogen-bond acceptors (Lipinski definition) is 9. The van der Waals surface area contributed by atoms with E-state index in [4.69, 9.17) is 13.7 Å². The number of aliphatic hydroxyl groups excluding tert-OH is 2. The third kappa shape index (κ3) is 6.23. The largest absolute Gasteiger partial charge is 0.452 e. The quantitative estimate of drug-likeness (QED) is 0.352. The summed E-state index contributed by atoms with van der Waals surface area (Å²) >= 11 is 0. The third-order valence-corrected chi connectivity index (χ3v) is 7.27. The molecule has 0 aromatic heterocycles. The van der Waals surface area contributed by atoms with Crippen molar-refractivity contribution in [1.29, 1.82) is 0 Å². The van der Waals surface area contributed by atoms with Crippen LogP contribution in [0.4, 0.5) is 0 Å². The van der Waals surface area contributed by atoms with Crippen LogP contribution in [-0.4, -0.2) is 61.1 Å². The van der Waals surface area contributed by atoms with Crippen LogP contribution < -0.4 is 0 Å². The molecule has 10 heteroatoms. The predicted octanol–water partition coefficient (Wildman–Crippen LogP) is 2.65. The number of aliphatic hydroxyl groups is 2. The van der Waals surface area contributed by atoms with Crippen molar-refractivity contribution in [2.24, 2.45) is 0 Å².